The van der Waals surface area contributed by atoms with E-state index in [-0.39, 0.29) is 11.8 Å². The van der Waals surface area contributed by atoms with E-state index in [1.54, 1.807) is 30.1 Å². The number of hydrogen-bond donors (Lipinski definition) is 0. The Morgan fingerprint density at radius 1 is 1.07 bits per heavy atom. The molecule has 30 heavy (non-hydrogen) atoms. The fourth-order valence-electron chi connectivity index (χ4n) is 4.20. The molecular weight excluding hydrogens is 481 g/mol. The van der Waals surface area contributed by atoms with Crippen molar-refractivity contribution in [3.63, 3.8) is 0 Å². The number of aromatic nitrogens is 1. The third kappa shape index (κ3) is 2.51. The molecule has 4 heterocycles. The predicted molar refractivity (Wildman–Crippen MR) is 121 cm³/mol. The van der Waals surface area contributed by atoms with Crippen LogP contribution in [0.5, 0.6) is 0 Å². The molecule has 1 radical (unpaired) electrons. The number of rotatable bonds is 2. The number of carbonyl (C=O) groups excluding carboxylic acids is 2. The normalized spacial score (nSPS) is 18.2. The van der Waals surface area contributed by atoms with Gasteiger partial charge >= 0.3 is 183 Å². The Hall–Kier alpha value is -2.38. The Labute approximate surface area is 188 Å². The molecule has 2 aromatic carbocycles. The number of aliphatic imine (C=N–C) groups is 1. The van der Waals surface area contributed by atoms with Crippen LogP contribution in [0.3, 0.4) is 0 Å². The minimum atomic E-state index is -0.763. The molecule has 147 valence electrons. The quantitative estimate of drug-likeness (QED) is 0.275. The number of thiophene rings is 1. The van der Waals surface area contributed by atoms with Gasteiger partial charge in [0.2, 0.25) is 0 Å². The van der Waals surface area contributed by atoms with E-state index in [4.69, 9.17) is 0 Å². The van der Waals surface area contributed by atoms with Crippen LogP contribution in [0.4, 0.5) is 0 Å². The van der Waals surface area contributed by atoms with Gasteiger partial charge in [0.25, 0.3) is 0 Å². The second kappa shape index (κ2) is 6.56. The van der Waals surface area contributed by atoms with Crippen LogP contribution >= 0.6 is 23.1 Å². The van der Waals surface area contributed by atoms with Crippen LogP contribution in [0.1, 0.15) is 4.88 Å². The van der Waals surface area contributed by atoms with E-state index in [1.807, 2.05) is 0 Å². The van der Waals surface area contributed by atoms with Crippen LogP contribution < -0.4 is 0 Å². The Morgan fingerprint density at radius 2 is 1.87 bits per heavy atom. The van der Waals surface area contributed by atoms with Crippen LogP contribution in [0, 0.1) is 5.92 Å². The number of amidine groups is 1. The molecule has 0 bridgehead atoms. The molecule has 0 saturated carbocycles. The second-order valence-corrected chi connectivity index (χ2v) is 10.3. The van der Waals surface area contributed by atoms with E-state index in [9.17, 15) is 9.59 Å². The number of para-hydroxylation sites is 2. The minimum absolute atomic E-state index is 0.208. The molecule has 0 fully saturated rings. The van der Waals surface area contributed by atoms with Crippen molar-refractivity contribution in [1.29, 1.82) is 0 Å². The van der Waals surface area contributed by atoms with Crippen LogP contribution in [0.2, 0.25) is 0 Å². The van der Waals surface area contributed by atoms with E-state index in [2.05, 4.69) is 74.1 Å². The molecule has 5 nitrogen and oxygen atoms in total. The van der Waals surface area contributed by atoms with Gasteiger partial charge in [0.1, 0.15) is 0 Å². The van der Waals surface area contributed by atoms with E-state index in [0.717, 1.165) is 14.8 Å². The van der Waals surface area contributed by atoms with Crippen molar-refractivity contribution in [3.8, 4) is 5.00 Å². The van der Waals surface area contributed by atoms with Gasteiger partial charge in [-0.1, -0.05) is 6.07 Å². The van der Waals surface area contributed by atoms with Gasteiger partial charge < -0.3 is 0 Å². The summed E-state index contributed by atoms with van der Waals surface area (Å²) < 4.78 is 2.66. The molecule has 4 aromatic rings. The van der Waals surface area contributed by atoms with Crippen molar-refractivity contribution in [2.75, 3.05) is 7.05 Å². The molecule has 2 amide bonds. The SMILES string of the molecule is CN1C(=O)C(Cc2cc3c(s2)-n2c4ccccc4c4cccc(c42)S3)C(=O)N=C1[Se]. The Kier molecular flexibility index (Phi) is 4.02. The average Bonchev–Trinajstić information content (AvgIpc) is 3.30. The fraction of sp³-hybridized carbons (Fsp3) is 0.136. The zero-order chi connectivity index (χ0) is 20.6. The van der Waals surface area contributed by atoms with Crippen LogP contribution in [0.15, 0.2) is 63.3 Å². The van der Waals surface area contributed by atoms with Gasteiger partial charge in [-0.2, -0.15) is 0 Å². The summed E-state index contributed by atoms with van der Waals surface area (Å²) in [6.45, 7) is 0. The third-order valence-electron chi connectivity index (χ3n) is 5.64. The van der Waals surface area contributed by atoms with E-state index in [0.29, 0.717) is 11.2 Å². The first-order valence-corrected chi connectivity index (χ1v) is 11.9. The van der Waals surface area contributed by atoms with Crippen molar-refractivity contribution < 1.29 is 9.59 Å². The molecule has 2 aliphatic heterocycles. The standard InChI is InChI=1S/C22H14N3O2S2Se/c1-24-20(27)14(19(26)23-22(24)30)9-11-10-17-21(28-11)25-15-7-3-2-5-12(15)13-6-4-8-16(29-17)18(13)25/h2-8,10,14H,9H2,1H3. The van der Waals surface area contributed by atoms with Crippen molar-refractivity contribution in [1.82, 2.24) is 9.47 Å². The van der Waals surface area contributed by atoms with Crippen LogP contribution in [0.25, 0.3) is 26.8 Å². The van der Waals surface area contributed by atoms with Gasteiger partial charge in [-0.15, -0.1) is 0 Å². The number of fused-ring (bicyclic) bond motifs is 5. The molecule has 6 rings (SSSR count). The molecule has 0 spiro atoms. The van der Waals surface area contributed by atoms with Crippen molar-refractivity contribution in [3.05, 3.63) is 53.4 Å². The predicted octanol–water partition coefficient (Wildman–Crippen LogP) is 3.99. The summed E-state index contributed by atoms with van der Waals surface area (Å²) in [4.78, 5) is 33.9. The molecular formula is C22H14N3O2S2Se. The Morgan fingerprint density at radius 3 is 2.73 bits per heavy atom. The summed E-state index contributed by atoms with van der Waals surface area (Å²) in [5, 5.41) is 3.63. The summed E-state index contributed by atoms with van der Waals surface area (Å²) in [6.07, 6.45) is 0.371. The molecule has 2 aliphatic rings. The Bertz CT molecular complexity index is 1440. The van der Waals surface area contributed by atoms with Gasteiger partial charge in [0, 0.05) is 0 Å². The molecule has 0 N–H and O–H groups in total. The fourth-order valence-corrected chi connectivity index (χ4v) is 7.08. The van der Waals surface area contributed by atoms with E-state index in [1.165, 1.54) is 31.6 Å². The summed E-state index contributed by atoms with van der Waals surface area (Å²) in [6, 6.07) is 17.0. The molecule has 0 saturated heterocycles. The first-order valence-electron chi connectivity index (χ1n) is 9.43. The van der Waals surface area contributed by atoms with Gasteiger partial charge in [0.15, 0.2) is 0 Å². The number of hydrogen-bond acceptors (Lipinski definition) is 4. The van der Waals surface area contributed by atoms with E-state index >= 15 is 0 Å². The van der Waals surface area contributed by atoms with Gasteiger partial charge in [-0.25, -0.2) is 0 Å². The third-order valence-corrected chi connectivity index (χ3v) is 8.75. The van der Waals surface area contributed by atoms with Gasteiger partial charge in [-0.05, 0) is 0 Å². The number of nitrogens with zero attached hydrogens (tertiary/aromatic N) is 3. The number of benzene rings is 2. The first kappa shape index (κ1) is 18.4. The summed E-state index contributed by atoms with van der Waals surface area (Å²) in [5.41, 5.74) is 2.40. The molecule has 1 unspecified atom stereocenters. The first-order chi connectivity index (χ1) is 14.5. The molecule has 1 atom stereocenters. The summed E-state index contributed by atoms with van der Waals surface area (Å²) in [7, 11) is 1.64. The Balaban J connectivity index is 1.48. The number of amides is 2. The maximum absolute atomic E-state index is 12.7. The zero-order valence-corrected chi connectivity index (χ0v) is 19.1. The average molecular weight is 495 g/mol. The summed E-state index contributed by atoms with van der Waals surface area (Å²) in [5.74, 6) is -1.34. The van der Waals surface area contributed by atoms with Crippen molar-refractivity contribution in [2.24, 2.45) is 10.9 Å². The zero-order valence-electron chi connectivity index (χ0n) is 15.8. The van der Waals surface area contributed by atoms with E-state index < -0.39 is 5.92 Å². The second-order valence-electron chi connectivity index (χ2n) is 7.38. The maximum atomic E-state index is 12.7. The van der Waals surface area contributed by atoms with Gasteiger partial charge in [0.05, 0.1) is 0 Å². The molecule has 0 aliphatic carbocycles. The van der Waals surface area contributed by atoms with Crippen molar-refractivity contribution in [2.45, 2.75) is 16.2 Å². The molecule has 8 heteroatoms. The van der Waals surface area contributed by atoms with Crippen molar-refractivity contribution >= 4 is 77.5 Å². The molecule has 2 aromatic heterocycles. The number of carbonyl (C=O) groups is 2. The van der Waals surface area contributed by atoms with Crippen LogP contribution in [-0.2, 0) is 16.0 Å². The van der Waals surface area contributed by atoms with Gasteiger partial charge in [-0.3, -0.25) is 0 Å². The monoisotopic (exact) mass is 496 g/mol. The topological polar surface area (TPSA) is 54.7 Å². The summed E-state index contributed by atoms with van der Waals surface area (Å²) >= 11 is 6.09. The van der Waals surface area contributed by atoms with Crippen LogP contribution in [-0.4, -0.2) is 49.1 Å².